The number of aromatic nitrogens is 4. The Morgan fingerprint density at radius 1 is 1.16 bits per heavy atom. The fraction of sp³-hybridized carbons (Fsp3) is 0.174. The lowest BCUT2D eigenvalue weighted by molar-refractivity contribution is 0.393. The first-order valence-electron chi connectivity index (χ1n) is 9.85. The molecule has 0 aliphatic heterocycles. The van der Waals surface area contributed by atoms with Crippen molar-refractivity contribution in [1.29, 1.82) is 0 Å². The van der Waals surface area contributed by atoms with Crippen LogP contribution in [-0.4, -0.2) is 26.6 Å². The Hall–Kier alpha value is -3.29. The molecule has 0 bridgehead atoms. The van der Waals surface area contributed by atoms with Gasteiger partial charge in [0.2, 0.25) is 0 Å². The van der Waals surface area contributed by atoms with Gasteiger partial charge in [-0.05, 0) is 37.6 Å². The smallest absolute Gasteiger partial charge is 0.258 e. The van der Waals surface area contributed by atoms with E-state index in [0.717, 1.165) is 28.2 Å². The van der Waals surface area contributed by atoms with E-state index in [4.69, 9.17) is 32.5 Å². The minimum absolute atomic E-state index is 0.218. The number of aryl methyl sites for hydroxylation is 2. The van der Waals surface area contributed by atoms with Crippen molar-refractivity contribution in [1.82, 2.24) is 19.5 Å². The molecule has 0 saturated carbocycles. The third-order valence-electron chi connectivity index (χ3n) is 5.53. The molecule has 9 heteroatoms. The molecule has 32 heavy (non-hydrogen) atoms. The number of benzene rings is 2. The Bertz CT molecular complexity index is 1550. The molecule has 0 spiro atoms. The molecule has 0 saturated heterocycles. The molecule has 0 aliphatic carbocycles. The number of ether oxygens (including phenoxy) is 1. The molecule has 5 rings (SSSR count). The number of fused-ring (bicyclic) bond motifs is 3. The van der Waals surface area contributed by atoms with Crippen molar-refractivity contribution in [3.8, 4) is 16.9 Å². The Labute approximate surface area is 192 Å². The molecule has 0 fully saturated rings. The lowest BCUT2D eigenvalue weighted by atomic mass is 10.0. The molecule has 0 radical (unpaired) electrons. The summed E-state index contributed by atoms with van der Waals surface area (Å²) in [6, 6.07) is 9.13. The maximum Gasteiger partial charge on any atom is 0.258 e. The van der Waals surface area contributed by atoms with E-state index in [-0.39, 0.29) is 5.56 Å². The summed E-state index contributed by atoms with van der Waals surface area (Å²) in [6.45, 7) is 3.69. The second-order valence-corrected chi connectivity index (χ2v) is 8.36. The van der Waals surface area contributed by atoms with Crippen molar-refractivity contribution in [3.63, 3.8) is 0 Å². The average molecular weight is 469 g/mol. The second kappa shape index (κ2) is 7.69. The summed E-state index contributed by atoms with van der Waals surface area (Å²) in [7, 11) is 1.59. The molecular formula is C23H18Cl2N4O3. The number of nitrogens with one attached hydrogen (secondary N) is 1. The third-order valence-corrected chi connectivity index (χ3v) is 6.27. The van der Waals surface area contributed by atoms with Crippen LogP contribution in [0.15, 0.2) is 45.8 Å². The van der Waals surface area contributed by atoms with Crippen LogP contribution in [0.2, 0.25) is 10.0 Å². The first kappa shape index (κ1) is 20.6. The van der Waals surface area contributed by atoms with Gasteiger partial charge in [0.25, 0.3) is 5.56 Å². The summed E-state index contributed by atoms with van der Waals surface area (Å²) in [5.74, 6) is 2.00. The van der Waals surface area contributed by atoms with Crippen molar-refractivity contribution < 1.29 is 9.26 Å². The van der Waals surface area contributed by atoms with E-state index in [1.54, 1.807) is 19.4 Å². The summed E-state index contributed by atoms with van der Waals surface area (Å²) in [5, 5.41) is 5.51. The molecule has 3 aromatic heterocycles. The molecule has 0 aliphatic rings. The van der Waals surface area contributed by atoms with Crippen LogP contribution in [0.3, 0.4) is 0 Å². The summed E-state index contributed by atoms with van der Waals surface area (Å²) in [5.41, 5.74) is 4.28. The fourth-order valence-electron chi connectivity index (χ4n) is 4.06. The first-order valence-corrected chi connectivity index (χ1v) is 10.6. The lowest BCUT2D eigenvalue weighted by Crippen LogP contribution is -2.11. The number of rotatable bonds is 4. The van der Waals surface area contributed by atoms with E-state index < -0.39 is 0 Å². The number of H-pyrrole nitrogens is 1. The zero-order valence-electron chi connectivity index (χ0n) is 17.5. The number of nitrogens with zero attached hydrogens (tertiary/aromatic N) is 3. The normalized spacial score (nSPS) is 11.5. The standard InChI is InChI=1S/C23H18Cl2N4O3/c1-11-22(12(2)32-28-11)15-8-14-18(9-19(15)31-3)29-20(26-10-21(29)27-23(14)30)7-13-4-5-16(24)17(25)6-13/h4-6,8-10H,7H2,1-3H3,(H,27,30). The van der Waals surface area contributed by atoms with Gasteiger partial charge in [0.05, 0.1) is 45.5 Å². The van der Waals surface area contributed by atoms with Crippen molar-refractivity contribution in [2.45, 2.75) is 20.3 Å². The zero-order valence-corrected chi connectivity index (χ0v) is 19.0. The van der Waals surface area contributed by atoms with Gasteiger partial charge < -0.3 is 14.2 Å². The highest BCUT2D eigenvalue weighted by Gasteiger charge is 2.20. The Morgan fingerprint density at radius 3 is 2.66 bits per heavy atom. The topological polar surface area (TPSA) is 85.4 Å². The van der Waals surface area contributed by atoms with Gasteiger partial charge in [0.15, 0.2) is 0 Å². The number of methoxy groups -OCH3 is 1. The SMILES string of the molecule is COc1cc2c(cc1-c1c(C)noc1C)c(=O)[nH]c1cnc(Cc3ccc(Cl)c(Cl)c3)n12. The van der Waals surface area contributed by atoms with Gasteiger partial charge in [0, 0.05) is 18.1 Å². The number of aromatic amines is 1. The highest BCUT2D eigenvalue weighted by molar-refractivity contribution is 6.42. The van der Waals surface area contributed by atoms with Crippen molar-refractivity contribution in [3.05, 3.63) is 79.8 Å². The highest BCUT2D eigenvalue weighted by atomic mass is 35.5. The Balaban J connectivity index is 1.76. The van der Waals surface area contributed by atoms with Gasteiger partial charge in [0.1, 0.15) is 23.0 Å². The van der Waals surface area contributed by atoms with Crippen molar-refractivity contribution in [2.75, 3.05) is 7.11 Å². The minimum Gasteiger partial charge on any atom is -0.496 e. The predicted molar refractivity (Wildman–Crippen MR) is 124 cm³/mol. The van der Waals surface area contributed by atoms with E-state index in [1.165, 1.54) is 0 Å². The third kappa shape index (κ3) is 3.25. The molecule has 0 amide bonds. The van der Waals surface area contributed by atoms with Crippen LogP contribution in [0.25, 0.3) is 27.7 Å². The average Bonchev–Trinajstić information content (AvgIpc) is 3.32. The monoisotopic (exact) mass is 468 g/mol. The molecular weight excluding hydrogens is 451 g/mol. The number of halogens is 2. The molecule has 3 heterocycles. The maximum absolute atomic E-state index is 12.9. The van der Waals surface area contributed by atoms with Gasteiger partial charge in [-0.3, -0.25) is 9.20 Å². The van der Waals surface area contributed by atoms with Crippen LogP contribution in [0.4, 0.5) is 0 Å². The number of hydrogen-bond donors (Lipinski definition) is 1. The Kier molecular flexibility index (Phi) is 4.95. The maximum atomic E-state index is 12.9. The van der Waals surface area contributed by atoms with Crippen LogP contribution in [0, 0.1) is 13.8 Å². The van der Waals surface area contributed by atoms with Crippen LogP contribution < -0.4 is 10.3 Å². The quantitative estimate of drug-likeness (QED) is 0.383. The van der Waals surface area contributed by atoms with Crippen molar-refractivity contribution >= 4 is 39.8 Å². The first-order chi connectivity index (χ1) is 15.4. The Morgan fingerprint density at radius 2 is 1.97 bits per heavy atom. The van der Waals surface area contributed by atoms with E-state index in [9.17, 15) is 4.79 Å². The minimum atomic E-state index is -0.218. The van der Waals surface area contributed by atoms with E-state index in [2.05, 4.69) is 15.1 Å². The molecule has 2 aromatic carbocycles. The van der Waals surface area contributed by atoms with E-state index in [0.29, 0.717) is 44.5 Å². The second-order valence-electron chi connectivity index (χ2n) is 7.54. The fourth-order valence-corrected chi connectivity index (χ4v) is 4.38. The van der Waals surface area contributed by atoms with E-state index >= 15 is 0 Å². The number of imidazole rings is 1. The van der Waals surface area contributed by atoms with Crippen LogP contribution in [0.1, 0.15) is 22.8 Å². The van der Waals surface area contributed by atoms with Gasteiger partial charge in [-0.25, -0.2) is 4.98 Å². The van der Waals surface area contributed by atoms with Crippen LogP contribution in [0.5, 0.6) is 5.75 Å². The molecule has 0 unspecified atom stereocenters. The summed E-state index contributed by atoms with van der Waals surface area (Å²) < 4.78 is 12.9. The summed E-state index contributed by atoms with van der Waals surface area (Å²) in [6.07, 6.45) is 2.14. The van der Waals surface area contributed by atoms with Gasteiger partial charge >= 0.3 is 0 Å². The highest BCUT2D eigenvalue weighted by Crippen LogP contribution is 2.37. The largest absolute Gasteiger partial charge is 0.496 e. The van der Waals surface area contributed by atoms with Gasteiger partial charge in [-0.15, -0.1) is 0 Å². The van der Waals surface area contributed by atoms with Crippen LogP contribution >= 0.6 is 23.2 Å². The van der Waals surface area contributed by atoms with E-state index in [1.807, 2.05) is 42.5 Å². The molecule has 5 aromatic rings. The van der Waals surface area contributed by atoms with Crippen LogP contribution in [-0.2, 0) is 6.42 Å². The van der Waals surface area contributed by atoms with Crippen molar-refractivity contribution in [2.24, 2.45) is 0 Å². The predicted octanol–water partition coefficient (Wildman–Crippen LogP) is 5.35. The molecule has 1 N–H and O–H groups in total. The zero-order chi connectivity index (χ0) is 22.6. The number of hydrogen-bond acceptors (Lipinski definition) is 5. The van der Waals surface area contributed by atoms with Gasteiger partial charge in [-0.1, -0.05) is 34.4 Å². The summed E-state index contributed by atoms with van der Waals surface area (Å²) in [4.78, 5) is 20.4. The molecule has 7 nitrogen and oxygen atoms in total. The molecule has 0 atom stereocenters. The summed E-state index contributed by atoms with van der Waals surface area (Å²) >= 11 is 12.2. The molecule has 162 valence electrons. The van der Waals surface area contributed by atoms with Gasteiger partial charge in [-0.2, -0.15) is 0 Å². The lowest BCUT2D eigenvalue weighted by Gasteiger charge is -2.12.